The molecule has 0 atom stereocenters. The summed E-state index contributed by atoms with van der Waals surface area (Å²) in [6.07, 6.45) is 3.09. The number of nitrogens with one attached hydrogen (secondary N) is 1. The molecule has 1 aromatic heterocycles. The SMILES string of the molecule is COc1ccc(N2C(=O)NC(=O)/C(=C/c3cccn3-c3ccc(C(=O)O)cc3)C2=O)cc1. The number of aromatic carboxylic acids is 1. The van der Waals surface area contributed by atoms with Gasteiger partial charge in [-0.05, 0) is 66.7 Å². The number of aromatic nitrogens is 1. The van der Waals surface area contributed by atoms with Crippen molar-refractivity contribution in [3.05, 3.63) is 83.7 Å². The molecule has 1 aliphatic heterocycles. The molecule has 1 aliphatic rings. The summed E-state index contributed by atoms with van der Waals surface area (Å²) < 4.78 is 6.78. The van der Waals surface area contributed by atoms with Crippen LogP contribution in [0.2, 0.25) is 0 Å². The number of anilines is 1. The second kappa shape index (κ2) is 8.23. The van der Waals surface area contributed by atoms with Crippen molar-refractivity contribution in [1.29, 1.82) is 0 Å². The van der Waals surface area contributed by atoms with Gasteiger partial charge in [-0.1, -0.05) is 0 Å². The number of benzene rings is 2. The van der Waals surface area contributed by atoms with Gasteiger partial charge in [0.1, 0.15) is 11.3 Å². The lowest BCUT2D eigenvalue weighted by atomic mass is 10.1. The molecule has 9 nitrogen and oxygen atoms in total. The minimum Gasteiger partial charge on any atom is -0.497 e. The maximum Gasteiger partial charge on any atom is 0.335 e. The zero-order valence-corrected chi connectivity index (χ0v) is 16.8. The maximum absolute atomic E-state index is 13.1. The highest BCUT2D eigenvalue weighted by Gasteiger charge is 2.37. The number of nitrogens with zero attached hydrogens (tertiary/aromatic N) is 2. The highest BCUT2D eigenvalue weighted by molar-refractivity contribution is 6.39. The predicted molar refractivity (Wildman–Crippen MR) is 115 cm³/mol. The summed E-state index contributed by atoms with van der Waals surface area (Å²) in [5.74, 6) is -2.06. The molecule has 0 aliphatic carbocycles. The summed E-state index contributed by atoms with van der Waals surface area (Å²) in [7, 11) is 1.50. The normalized spacial score (nSPS) is 15.1. The molecule has 0 unspecified atom stereocenters. The molecule has 2 heterocycles. The molecule has 0 bridgehead atoms. The Morgan fingerprint density at radius 2 is 1.62 bits per heavy atom. The van der Waals surface area contributed by atoms with E-state index in [0.29, 0.717) is 17.1 Å². The molecule has 4 amide bonds. The summed E-state index contributed by atoms with van der Waals surface area (Å²) in [6, 6.07) is 15.0. The van der Waals surface area contributed by atoms with Gasteiger partial charge in [0.2, 0.25) is 0 Å². The molecule has 2 aromatic carbocycles. The van der Waals surface area contributed by atoms with Crippen LogP contribution in [0.15, 0.2) is 72.4 Å². The van der Waals surface area contributed by atoms with Crippen LogP contribution in [0.4, 0.5) is 10.5 Å². The first-order chi connectivity index (χ1) is 15.4. The summed E-state index contributed by atoms with van der Waals surface area (Å²) in [5.41, 5.74) is 1.33. The molecule has 1 saturated heterocycles. The minimum atomic E-state index is -1.04. The van der Waals surface area contributed by atoms with Gasteiger partial charge in [0.25, 0.3) is 11.8 Å². The molecule has 0 saturated carbocycles. The standard InChI is InChI=1S/C23H17N3O6/c1-32-18-10-8-16(9-11-18)26-21(28)19(20(27)24-23(26)31)13-17-3-2-12-25(17)15-6-4-14(5-7-15)22(29)30/h2-13H,1H3,(H,29,30)(H,24,27,31)/b19-13-. The van der Waals surface area contributed by atoms with Gasteiger partial charge in [-0.15, -0.1) is 0 Å². The Kier molecular flexibility index (Phi) is 5.30. The van der Waals surface area contributed by atoms with Crippen molar-refractivity contribution in [2.24, 2.45) is 0 Å². The van der Waals surface area contributed by atoms with Gasteiger partial charge in [0.05, 0.1) is 18.4 Å². The molecule has 2 N–H and O–H groups in total. The molecule has 0 spiro atoms. The lowest BCUT2D eigenvalue weighted by Gasteiger charge is -2.26. The second-order valence-electron chi connectivity index (χ2n) is 6.81. The lowest BCUT2D eigenvalue weighted by Crippen LogP contribution is -2.54. The van der Waals surface area contributed by atoms with E-state index >= 15 is 0 Å². The number of hydrogen-bond acceptors (Lipinski definition) is 5. The first-order valence-electron chi connectivity index (χ1n) is 9.45. The van der Waals surface area contributed by atoms with E-state index in [4.69, 9.17) is 9.84 Å². The van der Waals surface area contributed by atoms with Crippen molar-refractivity contribution < 1.29 is 29.0 Å². The number of carboxylic acid groups (broad SMARTS) is 1. The number of rotatable bonds is 5. The number of urea groups is 1. The molecule has 9 heteroatoms. The van der Waals surface area contributed by atoms with Crippen molar-refractivity contribution in [3.63, 3.8) is 0 Å². The van der Waals surface area contributed by atoms with E-state index in [0.717, 1.165) is 4.90 Å². The molecular weight excluding hydrogens is 414 g/mol. The van der Waals surface area contributed by atoms with Crippen molar-refractivity contribution in [2.75, 3.05) is 12.0 Å². The summed E-state index contributed by atoms with van der Waals surface area (Å²) in [6.45, 7) is 0. The highest BCUT2D eigenvalue weighted by Crippen LogP contribution is 2.25. The number of carbonyl (C=O) groups excluding carboxylic acids is 3. The first-order valence-corrected chi connectivity index (χ1v) is 9.45. The Hall–Kier alpha value is -4.66. The Morgan fingerprint density at radius 1 is 0.969 bits per heavy atom. The third kappa shape index (κ3) is 3.74. The van der Waals surface area contributed by atoms with Gasteiger partial charge in [0, 0.05) is 17.6 Å². The molecule has 1 fully saturated rings. The zero-order chi connectivity index (χ0) is 22.8. The topological polar surface area (TPSA) is 118 Å². The number of ether oxygens (including phenoxy) is 1. The van der Waals surface area contributed by atoms with Crippen LogP contribution in [-0.2, 0) is 9.59 Å². The maximum atomic E-state index is 13.1. The number of barbiturate groups is 1. The third-order valence-corrected chi connectivity index (χ3v) is 4.90. The van der Waals surface area contributed by atoms with Gasteiger partial charge in [-0.2, -0.15) is 0 Å². The van der Waals surface area contributed by atoms with Gasteiger partial charge in [-0.25, -0.2) is 14.5 Å². The molecule has 0 radical (unpaired) electrons. The van der Waals surface area contributed by atoms with E-state index in [1.807, 2.05) is 0 Å². The number of imide groups is 2. The number of carbonyl (C=O) groups is 4. The van der Waals surface area contributed by atoms with Crippen LogP contribution in [0.5, 0.6) is 5.75 Å². The predicted octanol–water partition coefficient (Wildman–Crippen LogP) is 2.85. The van der Waals surface area contributed by atoms with Gasteiger partial charge in [0.15, 0.2) is 0 Å². The van der Waals surface area contributed by atoms with E-state index < -0.39 is 23.8 Å². The van der Waals surface area contributed by atoms with E-state index in [9.17, 15) is 19.2 Å². The van der Waals surface area contributed by atoms with Gasteiger partial charge in [-0.3, -0.25) is 14.9 Å². The van der Waals surface area contributed by atoms with Gasteiger partial charge < -0.3 is 14.4 Å². The van der Waals surface area contributed by atoms with Crippen molar-refractivity contribution in [3.8, 4) is 11.4 Å². The second-order valence-corrected chi connectivity index (χ2v) is 6.81. The first kappa shape index (κ1) is 20.6. The van der Waals surface area contributed by atoms with E-state index in [-0.39, 0.29) is 16.8 Å². The smallest absolute Gasteiger partial charge is 0.335 e. The fourth-order valence-corrected chi connectivity index (χ4v) is 3.28. The number of carboxylic acids is 1. The van der Waals surface area contributed by atoms with Crippen LogP contribution in [0.25, 0.3) is 11.8 Å². The zero-order valence-electron chi connectivity index (χ0n) is 16.8. The Balaban J connectivity index is 1.70. The van der Waals surface area contributed by atoms with Gasteiger partial charge >= 0.3 is 12.0 Å². The fourth-order valence-electron chi connectivity index (χ4n) is 3.28. The quantitative estimate of drug-likeness (QED) is 0.474. The van der Waals surface area contributed by atoms with Crippen LogP contribution >= 0.6 is 0 Å². The van der Waals surface area contributed by atoms with Crippen molar-refractivity contribution in [2.45, 2.75) is 0 Å². The molecule has 3 aromatic rings. The third-order valence-electron chi connectivity index (χ3n) is 4.90. The van der Waals surface area contributed by atoms with Crippen LogP contribution in [0.1, 0.15) is 16.1 Å². The monoisotopic (exact) mass is 431 g/mol. The molecular formula is C23H17N3O6. The largest absolute Gasteiger partial charge is 0.497 e. The Labute approximate surface area is 182 Å². The fraction of sp³-hybridized carbons (Fsp3) is 0.0435. The minimum absolute atomic E-state index is 0.135. The van der Waals surface area contributed by atoms with E-state index in [2.05, 4.69) is 5.32 Å². The van der Waals surface area contributed by atoms with Crippen molar-refractivity contribution in [1.82, 2.24) is 9.88 Å². The number of methoxy groups -OCH3 is 1. The van der Waals surface area contributed by atoms with Crippen LogP contribution in [0, 0.1) is 0 Å². The van der Waals surface area contributed by atoms with E-state index in [1.54, 1.807) is 47.2 Å². The average molecular weight is 431 g/mol. The summed E-state index contributed by atoms with van der Waals surface area (Å²) >= 11 is 0. The number of amides is 4. The van der Waals surface area contributed by atoms with Crippen molar-refractivity contribution >= 4 is 35.6 Å². The molecule has 4 rings (SSSR count). The number of hydrogen-bond donors (Lipinski definition) is 2. The van der Waals surface area contributed by atoms with Crippen LogP contribution in [0.3, 0.4) is 0 Å². The van der Waals surface area contributed by atoms with Crippen LogP contribution in [-0.4, -0.2) is 40.6 Å². The lowest BCUT2D eigenvalue weighted by molar-refractivity contribution is -0.122. The summed E-state index contributed by atoms with van der Waals surface area (Å²) in [5, 5.41) is 11.2. The highest BCUT2D eigenvalue weighted by atomic mass is 16.5. The Morgan fingerprint density at radius 3 is 2.25 bits per heavy atom. The average Bonchev–Trinajstić information content (AvgIpc) is 3.25. The Bertz CT molecular complexity index is 1260. The van der Waals surface area contributed by atoms with E-state index in [1.165, 1.54) is 37.5 Å². The molecule has 160 valence electrons. The summed E-state index contributed by atoms with van der Waals surface area (Å²) in [4.78, 5) is 49.8. The van der Waals surface area contributed by atoms with Crippen LogP contribution < -0.4 is 15.0 Å². The molecule has 32 heavy (non-hydrogen) atoms.